The number of ketones is 1. The van der Waals surface area contributed by atoms with Crippen LogP contribution in [-0.4, -0.2) is 86.5 Å². The number of benzene rings is 1. The lowest BCUT2D eigenvalue weighted by atomic mass is 9.53. The Kier molecular flexibility index (Phi) is 5.22. The Morgan fingerprint density at radius 3 is 2.45 bits per heavy atom. The Morgan fingerprint density at radius 1 is 1.12 bits per heavy atom. The van der Waals surface area contributed by atoms with Crippen molar-refractivity contribution in [3.05, 3.63) is 59.7 Å². The third-order valence-corrected chi connectivity index (χ3v) is 10.4. The Bertz CT molecular complexity index is 1360. The normalized spacial score (nSPS) is 51.3. The van der Waals surface area contributed by atoms with Crippen LogP contribution in [0.1, 0.15) is 33.3 Å². The van der Waals surface area contributed by atoms with Gasteiger partial charge in [0, 0.05) is 24.7 Å². The summed E-state index contributed by atoms with van der Waals surface area (Å²) in [5.41, 5.74) is -5.23. The van der Waals surface area contributed by atoms with E-state index < -0.39 is 88.9 Å². The summed E-state index contributed by atoms with van der Waals surface area (Å²) in [5.74, 6) is -5.46. The van der Waals surface area contributed by atoms with Gasteiger partial charge in [0.15, 0.2) is 17.0 Å². The van der Waals surface area contributed by atoms with Crippen LogP contribution in [0.4, 0.5) is 0 Å². The summed E-state index contributed by atoms with van der Waals surface area (Å²) in [6.07, 6.45) is -2.69. The molecule has 214 valence electrons. The lowest BCUT2D eigenvalue weighted by molar-refractivity contribution is -0.429. The largest absolute Gasteiger partial charge is 0.459 e. The number of Topliss-reactive ketones (excluding diaryl/α,β-unsaturated/α-hetero) is 1. The molecule has 0 spiro atoms. The molecular formula is C30H34O10. The summed E-state index contributed by atoms with van der Waals surface area (Å²) in [6, 6.07) is 9.46. The average molecular weight is 555 g/mol. The van der Waals surface area contributed by atoms with Crippen LogP contribution in [0.2, 0.25) is 0 Å². The molecule has 1 aromatic carbocycles. The topological polar surface area (TPSA) is 144 Å². The Morgan fingerprint density at radius 2 is 1.82 bits per heavy atom. The highest BCUT2D eigenvalue weighted by Gasteiger charge is 2.90. The molecule has 5 fully saturated rings. The number of epoxide rings is 1. The minimum atomic E-state index is -2.38. The molecule has 0 radical (unpaired) electrons. The van der Waals surface area contributed by atoms with Crippen molar-refractivity contribution in [3.63, 3.8) is 0 Å². The number of rotatable bonds is 5. The van der Waals surface area contributed by atoms with Gasteiger partial charge in [0.2, 0.25) is 0 Å². The third kappa shape index (κ3) is 2.78. The summed E-state index contributed by atoms with van der Waals surface area (Å²) in [7, 11) is 0. The first-order chi connectivity index (χ1) is 18.8. The molecule has 10 heteroatoms. The molecule has 3 bridgehead atoms. The van der Waals surface area contributed by atoms with E-state index in [4.69, 9.17) is 23.7 Å². The third-order valence-electron chi connectivity index (χ3n) is 10.4. The summed E-state index contributed by atoms with van der Waals surface area (Å²) in [4.78, 5) is 26.2. The van der Waals surface area contributed by atoms with Crippen LogP contribution in [0.15, 0.2) is 54.1 Å². The lowest BCUT2D eigenvalue weighted by Gasteiger charge is -2.61. The monoisotopic (exact) mass is 554 g/mol. The Labute approximate surface area is 231 Å². The maximum absolute atomic E-state index is 13.6. The number of fused-ring (bicyclic) bond motifs is 3. The molecule has 12 atom stereocenters. The fraction of sp³-hybridized carbons (Fsp3) is 0.600. The van der Waals surface area contributed by atoms with Crippen molar-refractivity contribution in [1.29, 1.82) is 0 Å². The fourth-order valence-corrected chi connectivity index (χ4v) is 8.72. The highest BCUT2D eigenvalue weighted by Crippen LogP contribution is 2.73. The van der Waals surface area contributed by atoms with Crippen LogP contribution in [0, 0.1) is 17.8 Å². The minimum Gasteiger partial charge on any atom is -0.459 e. The molecular weight excluding hydrogens is 520 g/mol. The van der Waals surface area contributed by atoms with Crippen molar-refractivity contribution >= 4 is 11.8 Å². The van der Waals surface area contributed by atoms with E-state index in [0.717, 1.165) is 5.56 Å². The zero-order valence-electron chi connectivity index (χ0n) is 22.8. The number of hydrogen-bond acceptors (Lipinski definition) is 10. The number of carbonyl (C=O) groups is 2. The van der Waals surface area contributed by atoms with Gasteiger partial charge < -0.3 is 39.0 Å². The van der Waals surface area contributed by atoms with Crippen LogP contribution in [0.25, 0.3) is 0 Å². The van der Waals surface area contributed by atoms with E-state index in [2.05, 4.69) is 6.58 Å². The molecule has 3 aliphatic heterocycles. The molecule has 40 heavy (non-hydrogen) atoms. The number of hydrogen-bond donors (Lipinski definition) is 3. The van der Waals surface area contributed by atoms with Crippen LogP contribution < -0.4 is 0 Å². The second-order valence-electron chi connectivity index (χ2n) is 12.4. The van der Waals surface area contributed by atoms with Crippen molar-refractivity contribution in [2.24, 2.45) is 17.8 Å². The van der Waals surface area contributed by atoms with Gasteiger partial charge in [0.1, 0.15) is 30.0 Å². The molecule has 3 saturated heterocycles. The molecule has 1 aromatic rings. The maximum atomic E-state index is 13.6. The van der Waals surface area contributed by atoms with E-state index in [1.54, 1.807) is 19.9 Å². The van der Waals surface area contributed by atoms with E-state index in [1.807, 2.05) is 37.3 Å². The van der Waals surface area contributed by atoms with Crippen molar-refractivity contribution < 1.29 is 48.6 Å². The van der Waals surface area contributed by atoms with Crippen LogP contribution in [0.3, 0.4) is 0 Å². The number of esters is 1. The fourth-order valence-electron chi connectivity index (χ4n) is 8.72. The van der Waals surface area contributed by atoms with Gasteiger partial charge in [-0.15, -0.1) is 0 Å². The first-order valence-corrected chi connectivity index (χ1v) is 13.7. The number of ether oxygens (including phenoxy) is 5. The smallest absolute Gasteiger partial charge is 0.303 e. The van der Waals surface area contributed by atoms with Gasteiger partial charge in [-0.25, -0.2) is 0 Å². The number of aliphatic hydroxyl groups is 3. The van der Waals surface area contributed by atoms with E-state index in [9.17, 15) is 24.9 Å². The van der Waals surface area contributed by atoms with Crippen molar-refractivity contribution in [1.82, 2.24) is 0 Å². The van der Waals surface area contributed by atoms with E-state index >= 15 is 0 Å². The van der Waals surface area contributed by atoms with E-state index in [1.165, 1.54) is 6.92 Å². The van der Waals surface area contributed by atoms with E-state index in [-0.39, 0.29) is 12.0 Å². The molecule has 3 N–H and O–H groups in total. The van der Waals surface area contributed by atoms with Crippen molar-refractivity contribution in [2.45, 2.75) is 86.9 Å². The first-order valence-electron chi connectivity index (χ1n) is 13.7. The van der Waals surface area contributed by atoms with Gasteiger partial charge in [0.05, 0.1) is 18.6 Å². The zero-order chi connectivity index (χ0) is 28.6. The highest BCUT2D eigenvalue weighted by molar-refractivity contribution is 6.05. The van der Waals surface area contributed by atoms with Gasteiger partial charge in [-0.1, -0.05) is 49.9 Å². The van der Waals surface area contributed by atoms with Crippen LogP contribution in [-0.2, 0) is 39.7 Å². The number of carbonyl (C=O) groups excluding carboxylic acids is 2. The first kappa shape index (κ1) is 26.5. The molecule has 10 nitrogen and oxygen atoms in total. The molecule has 3 heterocycles. The lowest BCUT2D eigenvalue weighted by Crippen LogP contribution is -2.76. The average Bonchev–Trinajstić information content (AvgIpc) is 3.54. The van der Waals surface area contributed by atoms with Crippen molar-refractivity contribution in [3.8, 4) is 0 Å². The quantitative estimate of drug-likeness (QED) is 0.274. The van der Waals surface area contributed by atoms with Gasteiger partial charge in [-0.05, 0) is 30.6 Å². The van der Waals surface area contributed by atoms with Crippen molar-refractivity contribution in [2.75, 3.05) is 6.61 Å². The second-order valence-corrected chi connectivity index (χ2v) is 12.4. The molecule has 2 saturated carbocycles. The summed E-state index contributed by atoms with van der Waals surface area (Å²) in [5, 5.41) is 34.4. The summed E-state index contributed by atoms with van der Waals surface area (Å²) < 4.78 is 32.6. The molecule has 0 aromatic heterocycles. The minimum absolute atomic E-state index is 0.147. The molecule has 6 aliphatic rings. The number of aliphatic hydroxyl groups excluding tert-OH is 2. The van der Waals surface area contributed by atoms with Gasteiger partial charge in [-0.2, -0.15) is 0 Å². The van der Waals surface area contributed by atoms with Crippen LogP contribution >= 0.6 is 0 Å². The maximum Gasteiger partial charge on any atom is 0.303 e. The standard InChI is InChI=1S/C30H34O10/c1-14(2)29-22(36-17(5)32)16(4)30-19-11-15(3)21(33)28(19,35)25(34)26(13-31)23(37-26)20(30)24(29)38-27(39-29,40-30)12-18-9-7-6-8-10-18/h6-11,16,19-20,22-25,31,34-35H,1,12-13H2,2-5H3/t16-,19?,20?,22-,23+,24-,25-,26+,27+,28-,29+,30?/m1/s1. The second kappa shape index (κ2) is 7.89. The molecule has 0 amide bonds. The van der Waals surface area contributed by atoms with Crippen LogP contribution in [0.5, 0.6) is 0 Å². The SMILES string of the molecule is C=C(C)[C@@]12O[C@]3(Cc4ccccc4)O[C@@H]1C1[C@@H]4O[C@]4(CO)[C@@H](O)[C@]4(O)C(=O)C(C)=CC4C1(O3)[C@H](C)[C@H]2OC(C)=O. The summed E-state index contributed by atoms with van der Waals surface area (Å²) >= 11 is 0. The highest BCUT2D eigenvalue weighted by atomic mass is 16.9. The predicted octanol–water partition coefficient (Wildman–Crippen LogP) is 0.960. The van der Waals surface area contributed by atoms with Gasteiger partial charge in [0.25, 0.3) is 5.97 Å². The van der Waals surface area contributed by atoms with Gasteiger partial charge in [-0.3, -0.25) is 9.59 Å². The van der Waals surface area contributed by atoms with E-state index in [0.29, 0.717) is 5.57 Å². The van der Waals surface area contributed by atoms with Gasteiger partial charge >= 0.3 is 5.97 Å². The molecule has 3 aliphatic carbocycles. The molecule has 7 rings (SSSR count). The summed E-state index contributed by atoms with van der Waals surface area (Å²) in [6.45, 7) is 10.1. The Hall–Kier alpha value is -2.44. The predicted molar refractivity (Wildman–Crippen MR) is 136 cm³/mol. The molecule has 3 unspecified atom stereocenters. The zero-order valence-corrected chi connectivity index (χ0v) is 22.8. The Balaban J connectivity index is 1.52.